The third-order valence-electron chi connectivity index (χ3n) is 3.41. The van der Waals surface area contributed by atoms with Crippen molar-refractivity contribution in [2.75, 3.05) is 6.61 Å². The third kappa shape index (κ3) is 2.89. The summed E-state index contributed by atoms with van der Waals surface area (Å²) in [4.78, 5) is 3.13. The van der Waals surface area contributed by atoms with Crippen LogP contribution in [0, 0.1) is 6.92 Å². The van der Waals surface area contributed by atoms with Crippen LogP contribution in [0.5, 0.6) is 5.75 Å². The van der Waals surface area contributed by atoms with Gasteiger partial charge in [0.05, 0.1) is 23.5 Å². The first-order valence-corrected chi connectivity index (χ1v) is 7.08. The molecule has 6 heteroatoms. The van der Waals surface area contributed by atoms with Crippen LogP contribution in [0.25, 0.3) is 10.9 Å². The van der Waals surface area contributed by atoms with Crippen LogP contribution in [-0.2, 0) is 6.54 Å². The molecule has 5 nitrogen and oxygen atoms in total. The van der Waals surface area contributed by atoms with E-state index in [9.17, 15) is 5.11 Å². The average molecular weight is 306 g/mol. The van der Waals surface area contributed by atoms with Gasteiger partial charge in [-0.25, -0.2) is 0 Å². The van der Waals surface area contributed by atoms with Crippen molar-refractivity contribution in [1.29, 1.82) is 0 Å². The second-order valence-electron chi connectivity index (χ2n) is 4.92. The van der Waals surface area contributed by atoms with Crippen LogP contribution in [0.15, 0.2) is 36.7 Å². The molecular formula is C15H16ClN3O2. The Hall–Kier alpha value is -1.98. The van der Waals surface area contributed by atoms with Crippen molar-refractivity contribution in [1.82, 2.24) is 14.8 Å². The van der Waals surface area contributed by atoms with Crippen molar-refractivity contribution in [2.24, 2.45) is 0 Å². The summed E-state index contributed by atoms with van der Waals surface area (Å²) in [7, 11) is 0. The summed E-state index contributed by atoms with van der Waals surface area (Å²) >= 11 is 5.94. The number of benzene rings is 1. The number of hydrogen-bond donors (Lipinski definition) is 2. The minimum atomic E-state index is -0.658. The SMILES string of the molecule is Cc1c(Cl)cnn1C[C@H](O)COc1cccc2[nH]ccc12. The highest BCUT2D eigenvalue weighted by Gasteiger charge is 2.11. The van der Waals surface area contributed by atoms with Crippen LogP contribution in [0.2, 0.25) is 5.02 Å². The van der Waals surface area contributed by atoms with E-state index in [-0.39, 0.29) is 6.61 Å². The lowest BCUT2D eigenvalue weighted by atomic mass is 10.2. The zero-order valence-electron chi connectivity index (χ0n) is 11.6. The number of nitrogens with zero attached hydrogens (tertiary/aromatic N) is 2. The predicted octanol–water partition coefficient (Wildman–Crippen LogP) is 2.77. The summed E-state index contributed by atoms with van der Waals surface area (Å²) in [5.41, 5.74) is 1.85. The normalized spacial score (nSPS) is 12.7. The molecule has 0 aliphatic carbocycles. The van der Waals surface area contributed by atoms with E-state index in [4.69, 9.17) is 16.3 Å². The Balaban J connectivity index is 1.64. The van der Waals surface area contributed by atoms with Crippen molar-refractivity contribution in [2.45, 2.75) is 19.6 Å². The number of nitrogens with one attached hydrogen (secondary N) is 1. The lowest BCUT2D eigenvalue weighted by Gasteiger charge is -2.14. The molecule has 110 valence electrons. The number of aromatic amines is 1. The fourth-order valence-electron chi connectivity index (χ4n) is 2.23. The second kappa shape index (κ2) is 5.79. The smallest absolute Gasteiger partial charge is 0.128 e. The molecule has 2 aromatic heterocycles. The number of halogens is 1. The highest BCUT2D eigenvalue weighted by molar-refractivity contribution is 6.31. The van der Waals surface area contributed by atoms with Gasteiger partial charge in [-0.2, -0.15) is 5.10 Å². The van der Waals surface area contributed by atoms with E-state index in [1.807, 2.05) is 37.4 Å². The van der Waals surface area contributed by atoms with Gasteiger partial charge in [0.25, 0.3) is 0 Å². The van der Waals surface area contributed by atoms with Gasteiger partial charge >= 0.3 is 0 Å². The summed E-state index contributed by atoms with van der Waals surface area (Å²) in [5, 5.41) is 15.8. The largest absolute Gasteiger partial charge is 0.490 e. The van der Waals surface area contributed by atoms with Gasteiger partial charge < -0.3 is 14.8 Å². The van der Waals surface area contributed by atoms with Gasteiger partial charge in [-0.3, -0.25) is 4.68 Å². The van der Waals surface area contributed by atoms with Gasteiger partial charge in [-0.1, -0.05) is 17.7 Å². The first-order valence-electron chi connectivity index (χ1n) is 6.70. The van der Waals surface area contributed by atoms with E-state index in [0.29, 0.717) is 11.6 Å². The zero-order chi connectivity index (χ0) is 14.8. The van der Waals surface area contributed by atoms with Crippen molar-refractivity contribution >= 4 is 22.5 Å². The van der Waals surface area contributed by atoms with Crippen molar-refractivity contribution in [3.05, 3.63) is 47.4 Å². The molecule has 0 aliphatic rings. The Labute approximate surface area is 127 Å². The molecule has 0 saturated heterocycles. The van der Waals surface area contributed by atoms with Crippen LogP contribution >= 0.6 is 11.6 Å². The minimum Gasteiger partial charge on any atom is -0.490 e. The Morgan fingerprint density at radius 2 is 2.29 bits per heavy atom. The third-order valence-corrected chi connectivity index (χ3v) is 3.78. The van der Waals surface area contributed by atoms with E-state index < -0.39 is 6.10 Å². The first kappa shape index (κ1) is 14.0. The van der Waals surface area contributed by atoms with E-state index in [1.54, 1.807) is 10.9 Å². The number of ether oxygens (including phenoxy) is 1. The van der Waals surface area contributed by atoms with Crippen LogP contribution in [-0.4, -0.2) is 32.6 Å². The topological polar surface area (TPSA) is 63.1 Å². The maximum atomic E-state index is 10.1. The average Bonchev–Trinajstić information content (AvgIpc) is 3.07. The Kier molecular flexibility index (Phi) is 3.86. The molecule has 1 atom stereocenters. The van der Waals surface area contributed by atoms with Crippen LogP contribution in [0.1, 0.15) is 5.69 Å². The molecule has 3 aromatic rings. The highest BCUT2D eigenvalue weighted by Crippen LogP contribution is 2.24. The van der Waals surface area contributed by atoms with E-state index in [1.165, 1.54) is 0 Å². The number of rotatable bonds is 5. The van der Waals surface area contributed by atoms with Gasteiger partial charge in [0.2, 0.25) is 0 Å². The van der Waals surface area contributed by atoms with E-state index >= 15 is 0 Å². The summed E-state index contributed by atoms with van der Waals surface area (Å²) in [6.45, 7) is 2.41. The van der Waals surface area contributed by atoms with Gasteiger partial charge in [0.15, 0.2) is 0 Å². The molecular weight excluding hydrogens is 290 g/mol. The molecule has 0 radical (unpaired) electrons. The number of H-pyrrole nitrogens is 1. The lowest BCUT2D eigenvalue weighted by Crippen LogP contribution is -2.24. The molecule has 0 fully saturated rings. The summed E-state index contributed by atoms with van der Waals surface area (Å²) < 4.78 is 7.39. The van der Waals surface area contributed by atoms with Gasteiger partial charge in [-0.05, 0) is 25.1 Å². The molecule has 1 aromatic carbocycles. The number of aliphatic hydroxyl groups is 1. The van der Waals surface area contributed by atoms with Crippen LogP contribution < -0.4 is 4.74 Å². The first-order chi connectivity index (χ1) is 10.1. The fourth-order valence-corrected chi connectivity index (χ4v) is 2.37. The molecule has 2 heterocycles. The Morgan fingerprint density at radius 1 is 1.43 bits per heavy atom. The molecule has 0 amide bonds. The maximum absolute atomic E-state index is 10.1. The van der Waals surface area contributed by atoms with Crippen LogP contribution in [0.3, 0.4) is 0 Å². The van der Waals surface area contributed by atoms with E-state index in [0.717, 1.165) is 22.3 Å². The highest BCUT2D eigenvalue weighted by atomic mass is 35.5. The predicted molar refractivity (Wildman–Crippen MR) is 81.8 cm³/mol. The summed E-state index contributed by atoms with van der Waals surface area (Å²) in [6.07, 6.45) is 2.78. The molecule has 0 unspecified atom stereocenters. The molecule has 0 bridgehead atoms. The molecule has 2 N–H and O–H groups in total. The molecule has 3 rings (SSSR count). The number of aromatic nitrogens is 3. The van der Waals surface area contributed by atoms with E-state index in [2.05, 4.69) is 10.1 Å². The molecule has 0 saturated carbocycles. The van der Waals surface area contributed by atoms with Crippen LogP contribution in [0.4, 0.5) is 0 Å². The molecule has 0 spiro atoms. The Bertz CT molecular complexity index is 750. The minimum absolute atomic E-state index is 0.196. The number of fused-ring (bicyclic) bond motifs is 1. The zero-order valence-corrected chi connectivity index (χ0v) is 12.3. The Morgan fingerprint density at radius 3 is 3.05 bits per heavy atom. The monoisotopic (exact) mass is 305 g/mol. The fraction of sp³-hybridized carbons (Fsp3) is 0.267. The standard InChI is InChI=1S/C15H16ClN3O2/c1-10-13(16)7-18-19(10)8-11(20)9-21-15-4-2-3-14-12(15)5-6-17-14/h2-7,11,17,20H,8-9H2,1H3/t11-/m0/s1. The summed E-state index contributed by atoms with van der Waals surface area (Å²) in [6, 6.07) is 7.74. The lowest BCUT2D eigenvalue weighted by molar-refractivity contribution is 0.0895. The molecule has 0 aliphatic heterocycles. The van der Waals surface area contributed by atoms with Crippen molar-refractivity contribution < 1.29 is 9.84 Å². The van der Waals surface area contributed by atoms with Gasteiger partial charge in [0.1, 0.15) is 18.5 Å². The second-order valence-corrected chi connectivity index (χ2v) is 5.33. The van der Waals surface area contributed by atoms with Crippen molar-refractivity contribution in [3.63, 3.8) is 0 Å². The van der Waals surface area contributed by atoms with Gasteiger partial charge in [-0.15, -0.1) is 0 Å². The quantitative estimate of drug-likeness (QED) is 0.762. The van der Waals surface area contributed by atoms with Crippen molar-refractivity contribution in [3.8, 4) is 5.75 Å². The maximum Gasteiger partial charge on any atom is 0.128 e. The van der Waals surface area contributed by atoms with Gasteiger partial charge in [0, 0.05) is 17.1 Å². The molecule has 21 heavy (non-hydrogen) atoms. The summed E-state index contributed by atoms with van der Waals surface area (Å²) in [5.74, 6) is 0.753. The number of aliphatic hydroxyl groups excluding tert-OH is 1. The number of hydrogen-bond acceptors (Lipinski definition) is 3.